The summed E-state index contributed by atoms with van der Waals surface area (Å²) in [6, 6.07) is 13.0. The number of benzene rings is 1. The predicted octanol–water partition coefficient (Wildman–Crippen LogP) is 4.51. The third kappa shape index (κ3) is 2.77. The second-order valence-electron chi connectivity index (χ2n) is 8.07. The van der Waals surface area contributed by atoms with Crippen LogP contribution in [0.4, 0.5) is 0 Å². The second-order valence-corrected chi connectivity index (χ2v) is 8.07. The van der Waals surface area contributed by atoms with Crippen LogP contribution in [-0.4, -0.2) is 21.5 Å². The number of rotatable bonds is 5. The summed E-state index contributed by atoms with van der Waals surface area (Å²) in [5.41, 5.74) is 4.35. The van der Waals surface area contributed by atoms with E-state index in [1.54, 1.807) is 0 Å². The highest BCUT2D eigenvalue weighted by Crippen LogP contribution is 2.56. The van der Waals surface area contributed by atoms with E-state index in [1.807, 2.05) is 18.5 Å². The Balaban J connectivity index is 1.42. The maximum Gasteiger partial charge on any atom is 0.148 e. The van der Waals surface area contributed by atoms with Gasteiger partial charge in [0.15, 0.2) is 0 Å². The highest BCUT2D eigenvalue weighted by Gasteiger charge is 2.56. The minimum Gasteiger partial charge on any atom is -0.371 e. The summed E-state index contributed by atoms with van der Waals surface area (Å²) in [7, 11) is 0. The highest BCUT2D eigenvalue weighted by atomic mass is 16.3. The molecule has 0 saturated carbocycles. The largest absolute Gasteiger partial charge is 0.371 e. The Morgan fingerprint density at radius 3 is 2.93 bits per heavy atom. The van der Waals surface area contributed by atoms with E-state index in [2.05, 4.69) is 58.4 Å². The number of allylic oxidation sites excluding steroid dienone is 3. The fourth-order valence-electron chi connectivity index (χ4n) is 5.30. The van der Waals surface area contributed by atoms with Gasteiger partial charge in [0.2, 0.25) is 0 Å². The third-order valence-corrected chi connectivity index (χ3v) is 6.63. The molecule has 1 fully saturated rings. The Kier molecular flexibility index (Phi) is 4.22. The van der Waals surface area contributed by atoms with Gasteiger partial charge in [-0.3, -0.25) is 9.88 Å². The molecule has 3 aliphatic rings. The van der Waals surface area contributed by atoms with Crippen LogP contribution in [-0.2, 0) is 12.1 Å². The van der Waals surface area contributed by atoms with Crippen molar-refractivity contribution in [2.45, 2.75) is 43.9 Å². The van der Waals surface area contributed by atoms with Crippen LogP contribution in [0, 0.1) is 5.92 Å². The number of pyridine rings is 1. The molecule has 2 aromatic rings. The van der Waals surface area contributed by atoms with Crippen molar-refractivity contribution in [2.24, 2.45) is 5.92 Å². The maximum atomic E-state index is 11.9. The molecule has 2 aliphatic heterocycles. The summed E-state index contributed by atoms with van der Waals surface area (Å²) < 4.78 is 0. The molecular weight excluding hydrogens is 332 g/mol. The number of hydrogen-bond donors (Lipinski definition) is 1. The Morgan fingerprint density at radius 1 is 1.19 bits per heavy atom. The molecule has 3 atom stereocenters. The van der Waals surface area contributed by atoms with E-state index in [0.717, 1.165) is 44.2 Å². The average molecular weight is 358 g/mol. The molecule has 0 spiro atoms. The third-order valence-electron chi connectivity index (χ3n) is 6.63. The van der Waals surface area contributed by atoms with Crippen molar-refractivity contribution in [3.63, 3.8) is 0 Å². The van der Waals surface area contributed by atoms with Gasteiger partial charge < -0.3 is 5.11 Å². The summed E-state index contributed by atoms with van der Waals surface area (Å²) in [4.78, 5) is 6.61. The maximum absolute atomic E-state index is 11.9. The highest BCUT2D eigenvalue weighted by molar-refractivity contribution is 5.42. The van der Waals surface area contributed by atoms with Crippen LogP contribution >= 0.6 is 0 Å². The van der Waals surface area contributed by atoms with Gasteiger partial charge in [-0.05, 0) is 49.3 Å². The van der Waals surface area contributed by atoms with Crippen LogP contribution in [0.25, 0.3) is 0 Å². The second kappa shape index (κ2) is 6.74. The quantitative estimate of drug-likeness (QED) is 0.854. The van der Waals surface area contributed by atoms with E-state index in [0.29, 0.717) is 6.04 Å². The lowest BCUT2D eigenvalue weighted by Crippen LogP contribution is -2.41. The molecule has 3 heterocycles. The van der Waals surface area contributed by atoms with Gasteiger partial charge in [-0.2, -0.15) is 0 Å². The Hall–Kier alpha value is -2.23. The van der Waals surface area contributed by atoms with Crippen molar-refractivity contribution >= 4 is 0 Å². The van der Waals surface area contributed by atoms with Gasteiger partial charge in [0.05, 0.1) is 0 Å². The van der Waals surface area contributed by atoms with Crippen LogP contribution in [0.5, 0.6) is 0 Å². The first-order valence-corrected chi connectivity index (χ1v) is 10.1. The number of aryl methyl sites for hydroxylation is 1. The minimum atomic E-state index is -0.823. The van der Waals surface area contributed by atoms with E-state index in [-0.39, 0.29) is 5.92 Å². The van der Waals surface area contributed by atoms with Crippen LogP contribution in [0.15, 0.2) is 72.6 Å². The topological polar surface area (TPSA) is 36.4 Å². The first kappa shape index (κ1) is 16.9. The van der Waals surface area contributed by atoms with E-state index >= 15 is 0 Å². The lowest BCUT2D eigenvalue weighted by molar-refractivity contribution is -0.122. The van der Waals surface area contributed by atoms with Gasteiger partial charge in [-0.25, -0.2) is 0 Å². The molecule has 1 N–H and O–H groups in total. The van der Waals surface area contributed by atoms with Gasteiger partial charge in [-0.15, -0.1) is 0 Å². The molecule has 27 heavy (non-hydrogen) atoms. The van der Waals surface area contributed by atoms with E-state index in [1.165, 1.54) is 16.7 Å². The normalized spacial score (nSPS) is 29.0. The lowest BCUT2D eigenvalue weighted by atomic mass is 9.85. The molecule has 3 nitrogen and oxygen atoms in total. The fraction of sp³-hybridized carbons (Fsp3) is 0.375. The Morgan fingerprint density at radius 2 is 2.11 bits per heavy atom. The smallest absolute Gasteiger partial charge is 0.148 e. The van der Waals surface area contributed by atoms with Gasteiger partial charge in [-0.1, -0.05) is 54.1 Å². The molecule has 3 heteroatoms. The molecule has 1 aromatic heterocycles. The molecule has 1 aliphatic carbocycles. The zero-order chi connectivity index (χ0) is 18.3. The molecule has 0 radical (unpaired) electrons. The van der Waals surface area contributed by atoms with Crippen molar-refractivity contribution < 1.29 is 5.11 Å². The number of aliphatic hydroxyl groups is 1. The van der Waals surface area contributed by atoms with Gasteiger partial charge in [0, 0.05) is 36.5 Å². The molecule has 1 saturated heterocycles. The van der Waals surface area contributed by atoms with E-state index in [9.17, 15) is 5.11 Å². The van der Waals surface area contributed by atoms with Crippen molar-refractivity contribution in [1.82, 2.24) is 9.88 Å². The zero-order valence-electron chi connectivity index (χ0n) is 15.6. The zero-order valence-corrected chi connectivity index (χ0v) is 15.6. The van der Waals surface area contributed by atoms with Gasteiger partial charge in [0.25, 0.3) is 0 Å². The van der Waals surface area contributed by atoms with Crippen LogP contribution in [0.2, 0.25) is 0 Å². The number of hydrogen-bond acceptors (Lipinski definition) is 3. The molecule has 0 bridgehead atoms. The Labute approximate surface area is 161 Å². The van der Waals surface area contributed by atoms with Gasteiger partial charge >= 0.3 is 0 Å². The van der Waals surface area contributed by atoms with Crippen LogP contribution in [0.3, 0.4) is 0 Å². The van der Waals surface area contributed by atoms with Crippen LogP contribution < -0.4 is 0 Å². The number of nitrogens with zero attached hydrogens (tertiary/aromatic N) is 2. The predicted molar refractivity (Wildman–Crippen MR) is 107 cm³/mol. The summed E-state index contributed by atoms with van der Waals surface area (Å²) in [5.74, 6) is 0.263. The summed E-state index contributed by atoms with van der Waals surface area (Å²) >= 11 is 0. The Bertz CT molecular complexity index is 888. The molecular formula is C24H26N2O. The van der Waals surface area contributed by atoms with Crippen LogP contribution in [0.1, 0.15) is 48.4 Å². The monoisotopic (exact) mass is 358 g/mol. The molecule has 1 aromatic carbocycles. The molecule has 138 valence electrons. The van der Waals surface area contributed by atoms with E-state index in [4.69, 9.17) is 0 Å². The average Bonchev–Trinajstić information content (AvgIpc) is 3.38. The van der Waals surface area contributed by atoms with E-state index < -0.39 is 5.72 Å². The fourth-order valence-corrected chi connectivity index (χ4v) is 5.30. The van der Waals surface area contributed by atoms with Crippen molar-refractivity contribution in [1.29, 1.82) is 0 Å². The first-order valence-electron chi connectivity index (χ1n) is 10.1. The summed E-state index contributed by atoms with van der Waals surface area (Å²) in [6.07, 6.45) is 15.5. The number of aromatic nitrogens is 1. The number of fused-ring (bicyclic) bond motifs is 3. The SMILES string of the molecule is O[C@@]12c3ccccc3[C@H](CC3=CC=CC3)N1CC[C@@H]2CCc1cccnc1. The minimum absolute atomic E-state index is 0.263. The summed E-state index contributed by atoms with van der Waals surface area (Å²) in [5, 5.41) is 11.9. The van der Waals surface area contributed by atoms with Crippen molar-refractivity contribution in [2.75, 3.05) is 6.54 Å². The molecule has 0 amide bonds. The van der Waals surface area contributed by atoms with Crippen molar-refractivity contribution in [3.8, 4) is 0 Å². The first-order chi connectivity index (χ1) is 13.3. The molecule has 0 unspecified atom stereocenters. The van der Waals surface area contributed by atoms with Gasteiger partial charge in [0.1, 0.15) is 5.72 Å². The molecule has 5 rings (SSSR count). The standard InChI is InChI=1S/C24H26N2O/c27-24-20(12-11-19-8-5-14-25-17-19)13-15-26(24)23(16-18-6-1-2-7-18)21-9-3-4-10-22(21)24/h1-6,8-10,14,17,20,23,27H,7,11-13,15-16H2/t20-,23-,24-/m0/s1. The summed E-state index contributed by atoms with van der Waals surface area (Å²) in [6.45, 7) is 0.967. The van der Waals surface area contributed by atoms with Crippen molar-refractivity contribution in [3.05, 3.63) is 89.3 Å². The lowest BCUT2D eigenvalue weighted by Gasteiger charge is -2.35.